The zero-order valence-electron chi connectivity index (χ0n) is 25.5. The first kappa shape index (κ1) is 35.6. The predicted molar refractivity (Wildman–Crippen MR) is 174 cm³/mol. The van der Waals surface area contributed by atoms with Crippen LogP contribution in [0.5, 0.6) is 5.75 Å². The lowest BCUT2D eigenvalue weighted by molar-refractivity contribution is -0.385. The summed E-state index contributed by atoms with van der Waals surface area (Å²) in [5, 5.41) is 15.1. The minimum absolute atomic E-state index is 0.0675. The van der Waals surface area contributed by atoms with Crippen molar-refractivity contribution in [1.29, 1.82) is 0 Å². The fourth-order valence-electron chi connectivity index (χ4n) is 4.61. The van der Waals surface area contributed by atoms with E-state index in [4.69, 9.17) is 27.9 Å². The average Bonchev–Trinajstić information content (AvgIpc) is 3.01. The molecule has 11 nitrogen and oxygen atoms in total. The molecule has 0 saturated carbocycles. The summed E-state index contributed by atoms with van der Waals surface area (Å²) in [6.07, 6.45) is 1.84. The van der Waals surface area contributed by atoms with Crippen LogP contribution in [0.25, 0.3) is 0 Å². The number of benzene rings is 3. The minimum atomic E-state index is -4.53. The second-order valence-corrected chi connectivity index (χ2v) is 12.9. The molecule has 14 heteroatoms. The Morgan fingerprint density at radius 1 is 1.02 bits per heavy atom. The molecule has 1 N–H and O–H groups in total. The molecule has 0 aliphatic rings. The van der Waals surface area contributed by atoms with Crippen molar-refractivity contribution in [3.8, 4) is 5.75 Å². The maximum atomic E-state index is 14.2. The van der Waals surface area contributed by atoms with Gasteiger partial charge in [0.05, 0.1) is 32.7 Å². The van der Waals surface area contributed by atoms with E-state index in [1.165, 1.54) is 55.3 Å². The van der Waals surface area contributed by atoms with Gasteiger partial charge in [-0.15, -0.1) is 0 Å². The van der Waals surface area contributed by atoms with Gasteiger partial charge in [-0.1, -0.05) is 55.6 Å². The van der Waals surface area contributed by atoms with Gasteiger partial charge in [0.2, 0.25) is 11.8 Å². The monoisotopic (exact) mass is 678 g/mol. The molecule has 2 amide bonds. The summed E-state index contributed by atoms with van der Waals surface area (Å²) in [7, 11) is -3.07. The molecule has 0 bridgehead atoms. The lowest BCUT2D eigenvalue weighted by atomic mass is 10.1. The van der Waals surface area contributed by atoms with E-state index in [2.05, 4.69) is 5.32 Å². The predicted octanol–water partition coefficient (Wildman–Crippen LogP) is 6.14. The molecule has 3 aromatic carbocycles. The molecular weight excluding hydrogens is 643 g/mol. The molecule has 1 atom stereocenters. The van der Waals surface area contributed by atoms with E-state index in [-0.39, 0.29) is 45.7 Å². The number of unbranched alkanes of at least 4 members (excludes halogenated alkanes) is 1. The van der Waals surface area contributed by atoms with Crippen LogP contribution in [-0.2, 0) is 26.2 Å². The molecular formula is C31H36Cl2N4O7S. The highest BCUT2D eigenvalue weighted by Crippen LogP contribution is 2.30. The normalized spacial score (nSPS) is 11.9. The first-order chi connectivity index (χ1) is 21.3. The number of methoxy groups -OCH3 is 1. The number of hydrogen-bond donors (Lipinski definition) is 1. The Kier molecular flexibility index (Phi) is 12.6. The zero-order chi connectivity index (χ0) is 33.3. The Morgan fingerprint density at radius 2 is 1.71 bits per heavy atom. The van der Waals surface area contributed by atoms with Gasteiger partial charge < -0.3 is 15.0 Å². The van der Waals surface area contributed by atoms with Gasteiger partial charge in [0.15, 0.2) is 0 Å². The van der Waals surface area contributed by atoms with Crippen molar-refractivity contribution < 1.29 is 27.7 Å². The molecule has 0 radical (unpaired) electrons. The zero-order valence-corrected chi connectivity index (χ0v) is 27.8. The van der Waals surface area contributed by atoms with Gasteiger partial charge in [0.25, 0.3) is 15.7 Å². The second-order valence-electron chi connectivity index (χ2n) is 10.3. The molecule has 3 aromatic rings. The van der Waals surface area contributed by atoms with Crippen LogP contribution in [0.1, 0.15) is 44.2 Å². The first-order valence-electron chi connectivity index (χ1n) is 14.3. The summed E-state index contributed by atoms with van der Waals surface area (Å²) < 4.78 is 34.3. The van der Waals surface area contributed by atoms with E-state index in [1.54, 1.807) is 25.1 Å². The first-order valence-corrected chi connectivity index (χ1v) is 16.5. The van der Waals surface area contributed by atoms with Crippen LogP contribution in [0.3, 0.4) is 0 Å². The van der Waals surface area contributed by atoms with Crippen LogP contribution in [-0.4, -0.2) is 56.3 Å². The molecule has 0 fully saturated rings. The molecule has 45 heavy (non-hydrogen) atoms. The van der Waals surface area contributed by atoms with Gasteiger partial charge in [-0.2, -0.15) is 0 Å². The fourth-order valence-corrected chi connectivity index (χ4v) is 6.37. The van der Waals surface area contributed by atoms with E-state index in [9.17, 15) is 28.1 Å². The third-order valence-corrected chi connectivity index (χ3v) is 9.67. The standard InChI is InChI=1S/C31H36Cl2N4O7S/c1-5-7-16-34-31(39)28(6-2)35(19-22-9-15-26(32)27(33)17-22)30(38)20-36(23-10-12-24(44-4)13-11-23)45(42,43)25-14-8-21(3)29(18-25)37(40)41/h8-15,17-18,28H,5-7,16,19-20H2,1-4H3,(H,34,39). The number of rotatable bonds is 15. The number of sulfonamides is 1. The summed E-state index contributed by atoms with van der Waals surface area (Å²) in [5.74, 6) is -0.614. The van der Waals surface area contributed by atoms with Gasteiger partial charge in [0, 0.05) is 24.7 Å². The number of aryl methyl sites for hydroxylation is 1. The topological polar surface area (TPSA) is 139 Å². The maximum Gasteiger partial charge on any atom is 0.273 e. The average molecular weight is 680 g/mol. The number of carbonyl (C=O) groups excluding carboxylic acids is 2. The van der Waals surface area contributed by atoms with Gasteiger partial charge >= 0.3 is 0 Å². The van der Waals surface area contributed by atoms with E-state index in [0.29, 0.717) is 22.9 Å². The Morgan fingerprint density at radius 3 is 2.29 bits per heavy atom. The Hall–Kier alpha value is -3.87. The summed E-state index contributed by atoms with van der Waals surface area (Å²) in [6, 6.07) is 13.4. The van der Waals surface area contributed by atoms with E-state index in [1.807, 2.05) is 6.92 Å². The van der Waals surface area contributed by atoms with Crippen molar-refractivity contribution in [1.82, 2.24) is 10.2 Å². The molecule has 0 saturated heterocycles. The number of carbonyl (C=O) groups is 2. The number of amides is 2. The third kappa shape index (κ3) is 8.86. The molecule has 3 rings (SSSR count). The van der Waals surface area contributed by atoms with Crippen molar-refractivity contribution in [2.24, 2.45) is 0 Å². The molecule has 0 aliphatic carbocycles. The Balaban J connectivity index is 2.11. The van der Waals surface area contributed by atoms with Crippen molar-refractivity contribution >= 4 is 56.4 Å². The number of nitro benzene ring substituents is 1. The van der Waals surface area contributed by atoms with Gasteiger partial charge in [0.1, 0.15) is 18.3 Å². The van der Waals surface area contributed by atoms with Crippen LogP contribution in [0.2, 0.25) is 10.0 Å². The molecule has 0 aliphatic heterocycles. The van der Waals surface area contributed by atoms with Gasteiger partial charge in [-0.05, 0) is 67.8 Å². The quantitative estimate of drug-likeness (QED) is 0.116. The van der Waals surface area contributed by atoms with E-state index < -0.39 is 33.4 Å². The van der Waals surface area contributed by atoms with E-state index in [0.717, 1.165) is 23.2 Å². The van der Waals surface area contributed by atoms with E-state index >= 15 is 0 Å². The van der Waals surface area contributed by atoms with Crippen molar-refractivity contribution in [3.05, 3.63) is 92.0 Å². The van der Waals surface area contributed by atoms with Crippen molar-refractivity contribution in [2.45, 2.75) is 57.5 Å². The maximum absolute atomic E-state index is 14.2. The van der Waals surface area contributed by atoms with Gasteiger partial charge in [-0.3, -0.25) is 24.0 Å². The highest BCUT2D eigenvalue weighted by atomic mass is 35.5. The molecule has 242 valence electrons. The third-order valence-electron chi connectivity index (χ3n) is 7.16. The molecule has 0 heterocycles. The van der Waals surface area contributed by atoms with Gasteiger partial charge in [-0.25, -0.2) is 8.42 Å². The van der Waals surface area contributed by atoms with Crippen LogP contribution in [0.4, 0.5) is 11.4 Å². The summed E-state index contributed by atoms with van der Waals surface area (Å²) >= 11 is 12.3. The van der Waals surface area contributed by atoms with Crippen LogP contribution >= 0.6 is 23.2 Å². The smallest absolute Gasteiger partial charge is 0.273 e. The highest BCUT2D eigenvalue weighted by molar-refractivity contribution is 7.92. The number of ether oxygens (including phenoxy) is 1. The Labute approximate surface area is 273 Å². The minimum Gasteiger partial charge on any atom is -0.497 e. The summed E-state index contributed by atoms with van der Waals surface area (Å²) in [4.78, 5) is 39.4. The van der Waals surface area contributed by atoms with Crippen LogP contribution < -0.4 is 14.4 Å². The van der Waals surface area contributed by atoms with Crippen LogP contribution in [0.15, 0.2) is 65.6 Å². The molecule has 1 unspecified atom stereocenters. The fraction of sp³-hybridized carbons (Fsp3) is 0.355. The van der Waals surface area contributed by atoms with Crippen molar-refractivity contribution in [2.75, 3.05) is 24.5 Å². The highest BCUT2D eigenvalue weighted by Gasteiger charge is 2.34. The Bertz CT molecular complexity index is 1640. The number of halogens is 2. The van der Waals surface area contributed by atoms with Crippen molar-refractivity contribution in [3.63, 3.8) is 0 Å². The molecule has 0 aromatic heterocycles. The lowest BCUT2D eigenvalue weighted by Crippen LogP contribution is -2.52. The number of anilines is 1. The number of nitro groups is 1. The number of hydrogen-bond acceptors (Lipinski definition) is 7. The molecule has 0 spiro atoms. The summed E-state index contributed by atoms with van der Waals surface area (Å²) in [5.41, 5.74) is 0.583. The number of nitrogens with one attached hydrogen (secondary N) is 1. The second kappa shape index (κ2) is 15.9. The van der Waals surface area contributed by atoms with Crippen LogP contribution in [0, 0.1) is 17.0 Å². The number of nitrogens with zero attached hydrogens (tertiary/aromatic N) is 3. The SMILES string of the molecule is CCCCNC(=O)C(CC)N(Cc1ccc(Cl)c(Cl)c1)C(=O)CN(c1ccc(OC)cc1)S(=O)(=O)c1ccc(C)c([N+](=O)[O-])c1. The lowest BCUT2D eigenvalue weighted by Gasteiger charge is -2.33. The largest absolute Gasteiger partial charge is 0.497 e. The summed E-state index contributed by atoms with van der Waals surface area (Å²) in [6.45, 7) is 4.87.